The second kappa shape index (κ2) is 5.03. The Morgan fingerprint density at radius 2 is 2.07 bits per heavy atom. The van der Waals surface area contributed by atoms with Crippen LogP contribution in [0.4, 0.5) is 0 Å². The van der Waals surface area contributed by atoms with Crippen molar-refractivity contribution in [2.24, 2.45) is 17.3 Å². The lowest BCUT2D eigenvalue weighted by Gasteiger charge is -2.43. The van der Waals surface area contributed by atoms with Gasteiger partial charge in [-0.1, -0.05) is 27.2 Å². The lowest BCUT2D eigenvalue weighted by molar-refractivity contribution is 0.102. The summed E-state index contributed by atoms with van der Waals surface area (Å²) in [6.07, 6.45) is 10.3. The third-order valence-electron chi connectivity index (χ3n) is 4.04. The molecule has 0 aromatic rings. The van der Waals surface area contributed by atoms with E-state index >= 15 is 0 Å². The van der Waals surface area contributed by atoms with Crippen molar-refractivity contribution in [2.45, 2.75) is 52.5 Å². The predicted octanol–water partition coefficient (Wildman–Crippen LogP) is 3.06. The summed E-state index contributed by atoms with van der Waals surface area (Å²) < 4.78 is 0. The molecule has 3 atom stereocenters. The average Bonchev–Trinajstić information content (AvgIpc) is 2.17. The van der Waals surface area contributed by atoms with Crippen molar-refractivity contribution in [3.05, 3.63) is 0 Å². The molecule has 1 aliphatic carbocycles. The van der Waals surface area contributed by atoms with E-state index in [2.05, 4.69) is 39.1 Å². The molecule has 0 amide bonds. The Morgan fingerprint density at radius 3 is 2.60 bits per heavy atom. The van der Waals surface area contributed by atoms with Gasteiger partial charge in [-0.2, -0.15) is 0 Å². The van der Waals surface area contributed by atoms with Crippen molar-refractivity contribution < 1.29 is 0 Å². The maximum absolute atomic E-state index is 5.47. The third kappa shape index (κ3) is 2.98. The number of hydrogen-bond acceptors (Lipinski definition) is 1. The van der Waals surface area contributed by atoms with E-state index in [1.807, 2.05) is 0 Å². The van der Waals surface area contributed by atoms with Gasteiger partial charge in [-0.25, -0.2) is 0 Å². The highest BCUT2D eigenvalue weighted by atomic mass is 14.9. The van der Waals surface area contributed by atoms with E-state index in [9.17, 15) is 0 Å². The lowest BCUT2D eigenvalue weighted by atomic mass is 9.65. The summed E-state index contributed by atoms with van der Waals surface area (Å²) in [6.45, 7) is 6.99. The number of terminal acetylenes is 1. The van der Waals surface area contributed by atoms with Crippen LogP contribution in [0.1, 0.15) is 46.5 Å². The highest BCUT2D eigenvalue weighted by molar-refractivity contribution is 4.98. The molecule has 0 heterocycles. The molecule has 1 fully saturated rings. The van der Waals surface area contributed by atoms with Gasteiger partial charge in [0, 0.05) is 12.5 Å². The number of hydrogen-bond donors (Lipinski definition) is 1. The van der Waals surface area contributed by atoms with Crippen molar-refractivity contribution in [1.82, 2.24) is 5.32 Å². The highest BCUT2D eigenvalue weighted by Gasteiger charge is 2.37. The Kier molecular flexibility index (Phi) is 4.22. The number of rotatable bonds is 3. The standard InChI is InChI=1S/C14H25N/c1-6-9-14(3,4)12-8-7-11(2)10-13(12)15-5/h1,11-13,15H,7-10H2,2-5H3. The largest absolute Gasteiger partial charge is 0.317 e. The fourth-order valence-corrected chi connectivity index (χ4v) is 3.03. The summed E-state index contributed by atoms with van der Waals surface area (Å²) in [5.74, 6) is 4.43. The molecule has 86 valence electrons. The van der Waals surface area contributed by atoms with Crippen molar-refractivity contribution in [3.8, 4) is 12.3 Å². The van der Waals surface area contributed by atoms with Gasteiger partial charge in [-0.15, -0.1) is 12.3 Å². The average molecular weight is 207 g/mol. The van der Waals surface area contributed by atoms with Crippen LogP contribution in [0.3, 0.4) is 0 Å². The molecule has 15 heavy (non-hydrogen) atoms. The van der Waals surface area contributed by atoms with Gasteiger partial charge in [-0.3, -0.25) is 0 Å². The van der Waals surface area contributed by atoms with E-state index in [0.717, 1.165) is 18.3 Å². The summed E-state index contributed by atoms with van der Waals surface area (Å²) in [7, 11) is 2.08. The molecule has 0 aromatic carbocycles. The van der Waals surface area contributed by atoms with E-state index < -0.39 is 0 Å². The van der Waals surface area contributed by atoms with Gasteiger partial charge in [-0.05, 0) is 37.1 Å². The molecule has 0 radical (unpaired) electrons. The SMILES string of the molecule is C#CCC(C)(C)C1CCC(C)CC1NC. The van der Waals surface area contributed by atoms with Gasteiger partial charge >= 0.3 is 0 Å². The first-order valence-electron chi connectivity index (χ1n) is 6.12. The highest BCUT2D eigenvalue weighted by Crippen LogP contribution is 2.41. The first kappa shape index (κ1) is 12.6. The van der Waals surface area contributed by atoms with Crippen molar-refractivity contribution in [3.63, 3.8) is 0 Å². The topological polar surface area (TPSA) is 12.0 Å². The fraction of sp³-hybridized carbons (Fsp3) is 0.857. The minimum Gasteiger partial charge on any atom is -0.317 e. The normalized spacial score (nSPS) is 32.3. The third-order valence-corrected chi connectivity index (χ3v) is 4.04. The Balaban J connectivity index is 2.71. The van der Waals surface area contributed by atoms with Gasteiger partial charge in [0.1, 0.15) is 0 Å². The van der Waals surface area contributed by atoms with Gasteiger partial charge in [0.15, 0.2) is 0 Å². The Morgan fingerprint density at radius 1 is 1.40 bits per heavy atom. The summed E-state index contributed by atoms with van der Waals surface area (Å²) in [5, 5.41) is 3.48. The molecule has 1 rings (SSSR count). The predicted molar refractivity (Wildman–Crippen MR) is 66.6 cm³/mol. The van der Waals surface area contributed by atoms with Crippen LogP contribution in [0.2, 0.25) is 0 Å². The van der Waals surface area contributed by atoms with Crippen LogP contribution in [-0.2, 0) is 0 Å². The second-order valence-corrected chi connectivity index (χ2v) is 5.79. The smallest absolute Gasteiger partial charge is 0.0141 e. The first-order valence-corrected chi connectivity index (χ1v) is 6.12. The summed E-state index contributed by atoms with van der Waals surface area (Å²) >= 11 is 0. The van der Waals surface area contributed by atoms with Gasteiger partial charge in [0.2, 0.25) is 0 Å². The molecular weight excluding hydrogens is 182 g/mol. The Hall–Kier alpha value is -0.480. The van der Waals surface area contributed by atoms with Crippen LogP contribution in [-0.4, -0.2) is 13.1 Å². The number of nitrogens with one attached hydrogen (secondary N) is 1. The molecule has 0 saturated heterocycles. The molecule has 1 N–H and O–H groups in total. The van der Waals surface area contributed by atoms with Crippen molar-refractivity contribution in [2.75, 3.05) is 7.05 Å². The van der Waals surface area contributed by atoms with Gasteiger partial charge in [0.25, 0.3) is 0 Å². The van der Waals surface area contributed by atoms with Crippen LogP contribution in [0, 0.1) is 29.6 Å². The van der Waals surface area contributed by atoms with E-state index in [0.29, 0.717) is 6.04 Å². The van der Waals surface area contributed by atoms with Crippen LogP contribution in [0.25, 0.3) is 0 Å². The molecule has 3 unspecified atom stereocenters. The quantitative estimate of drug-likeness (QED) is 0.701. The first-order chi connectivity index (χ1) is 7.01. The molecule has 0 spiro atoms. The van der Waals surface area contributed by atoms with Crippen LogP contribution in [0.5, 0.6) is 0 Å². The monoisotopic (exact) mass is 207 g/mol. The molecule has 0 aliphatic heterocycles. The fourth-order valence-electron chi connectivity index (χ4n) is 3.03. The summed E-state index contributed by atoms with van der Waals surface area (Å²) in [4.78, 5) is 0. The molecule has 1 nitrogen and oxygen atoms in total. The zero-order chi connectivity index (χ0) is 11.5. The molecule has 1 heteroatoms. The Bertz CT molecular complexity index is 236. The van der Waals surface area contributed by atoms with Gasteiger partial charge in [0.05, 0.1) is 0 Å². The van der Waals surface area contributed by atoms with Gasteiger partial charge < -0.3 is 5.32 Å². The minimum atomic E-state index is 0.280. The molecule has 0 aromatic heterocycles. The lowest BCUT2D eigenvalue weighted by Crippen LogP contribution is -2.45. The maximum Gasteiger partial charge on any atom is 0.0141 e. The molecular formula is C14H25N. The van der Waals surface area contributed by atoms with E-state index in [-0.39, 0.29) is 5.41 Å². The van der Waals surface area contributed by atoms with Crippen LogP contribution < -0.4 is 5.32 Å². The van der Waals surface area contributed by atoms with Crippen LogP contribution in [0.15, 0.2) is 0 Å². The molecule has 1 aliphatic rings. The van der Waals surface area contributed by atoms with E-state index in [1.54, 1.807) is 0 Å². The zero-order valence-corrected chi connectivity index (χ0v) is 10.6. The zero-order valence-electron chi connectivity index (χ0n) is 10.6. The van der Waals surface area contributed by atoms with E-state index in [1.165, 1.54) is 19.3 Å². The van der Waals surface area contributed by atoms with Crippen molar-refractivity contribution in [1.29, 1.82) is 0 Å². The second-order valence-electron chi connectivity index (χ2n) is 5.79. The van der Waals surface area contributed by atoms with E-state index in [4.69, 9.17) is 6.42 Å². The molecule has 0 bridgehead atoms. The minimum absolute atomic E-state index is 0.280. The van der Waals surface area contributed by atoms with Crippen LogP contribution >= 0.6 is 0 Å². The summed E-state index contributed by atoms with van der Waals surface area (Å²) in [6, 6.07) is 0.650. The van der Waals surface area contributed by atoms with Crippen molar-refractivity contribution >= 4 is 0 Å². The Labute approximate surface area is 95.0 Å². The molecule has 1 saturated carbocycles. The maximum atomic E-state index is 5.47. The summed E-state index contributed by atoms with van der Waals surface area (Å²) in [5.41, 5.74) is 0.280.